The third kappa shape index (κ3) is 5.89. The second-order valence-corrected chi connectivity index (χ2v) is 8.70. The molecule has 0 radical (unpaired) electrons. The van der Waals surface area contributed by atoms with Gasteiger partial charge in [-0.1, -0.05) is 12.1 Å². The van der Waals surface area contributed by atoms with Crippen molar-refractivity contribution in [1.29, 1.82) is 0 Å². The normalized spacial score (nSPS) is 19.3. The van der Waals surface area contributed by atoms with Crippen LogP contribution in [0.15, 0.2) is 24.3 Å². The number of amides is 1. The van der Waals surface area contributed by atoms with Crippen LogP contribution in [0.2, 0.25) is 0 Å². The molecule has 0 atom stereocenters. The number of piperidine rings is 1. The summed E-state index contributed by atoms with van der Waals surface area (Å²) in [6.07, 6.45) is 4.07. The molecule has 2 aliphatic heterocycles. The molecule has 0 bridgehead atoms. The zero-order valence-electron chi connectivity index (χ0n) is 13.3. The number of benzene rings is 1. The van der Waals surface area contributed by atoms with Crippen LogP contribution in [0.1, 0.15) is 35.8 Å². The molecule has 128 valence electrons. The Kier molecular flexibility index (Phi) is 8.10. The van der Waals surface area contributed by atoms with Gasteiger partial charge in [-0.2, -0.15) is 0 Å². The van der Waals surface area contributed by atoms with Crippen LogP contribution in [0, 0.1) is 5.92 Å². The van der Waals surface area contributed by atoms with Crippen LogP contribution in [0.4, 0.5) is 5.69 Å². The molecule has 6 heteroatoms. The van der Waals surface area contributed by atoms with Crippen LogP contribution in [0.3, 0.4) is 0 Å². The van der Waals surface area contributed by atoms with Crippen molar-refractivity contribution in [3.63, 3.8) is 0 Å². The molecular weight excluding hydrogens is 348 g/mol. The highest BCUT2D eigenvalue weighted by molar-refractivity contribution is 8.19. The van der Waals surface area contributed by atoms with E-state index in [9.17, 15) is 4.79 Å². The fourth-order valence-corrected chi connectivity index (χ4v) is 5.88. The summed E-state index contributed by atoms with van der Waals surface area (Å²) in [5.74, 6) is 3.32. The number of carbonyl (C=O) groups is 1. The Hall–Kier alpha value is -0.360. The average molecular weight is 373 g/mol. The maximum Gasteiger partial charge on any atom is 0.224 e. The van der Waals surface area contributed by atoms with E-state index in [-0.39, 0.29) is 18.3 Å². The molecule has 1 aromatic rings. The lowest BCUT2D eigenvalue weighted by molar-refractivity contribution is -0.116. The first-order valence-electron chi connectivity index (χ1n) is 8.15. The van der Waals surface area contributed by atoms with Crippen molar-refractivity contribution in [2.45, 2.75) is 30.3 Å². The number of rotatable bonds is 5. The summed E-state index contributed by atoms with van der Waals surface area (Å²) in [6, 6.07) is 8.35. The van der Waals surface area contributed by atoms with Gasteiger partial charge in [0.05, 0.1) is 4.58 Å². The highest BCUT2D eigenvalue weighted by atomic mass is 35.5. The van der Waals surface area contributed by atoms with Crippen LogP contribution in [-0.2, 0) is 4.79 Å². The predicted octanol–water partition coefficient (Wildman–Crippen LogP) is 4.31. The van der Waals surface area contributed by atoms with E-state index in [1.807, 2.05) is 29.6 Å². The summed E-state index contributed by atoms with van der Waals surface area (Å²) in [5, 5.41) is 6.44. The predicted molar refractivity (Wildman–Crippen MR) is 105 cm³/mol. The second kappa shape index (κ2) is 9.82. The molecule has 2 aliphatic rings. The maximum absolute atomic E-state index is 12.2. The van der Waals surface area contributed by atoms with Crippen molar-refractivity contribution >= 4 is 47.5 Å². The first-order chi connectivity index (χ1) is 10.8. The zero-order valence-corrected chi connectivity index (χ0v) is 15.7. The van der Waals surface area contributed by atoms with E-state index in [4.69, 9.17) is 0 Å². The van der Waals surface area contributed by atoms with Crippen molar-refractivity contribution in [2.75, 3.05) is 29.9 Å². The van der Waals surface area contributed by atoms with E-state index in [1.54, 1.807) is 0 Å². The van der Waals surface area contributed by atoms with Crippen LogP contribution in [0.5, 0.6) is 0 Å². The van der Waals surface area contributed by atoms with Crippen LogP contribution < -0.4 is 10.6 Å². The van der Waals surface area contributed by atoms with Gasteiger partial charge in [-0.3, -0.25) is 4.79 Å². The molecule has 2 N–H and O–H groups in total. The molecule has 3 rings (SSSR count). The SMILES string of the molecule is Cl.O=C(CCC1CCNCC1)Nc1cccc(C2SCCS2)c1. The number of thioether (sulfide) groups is 2. The number of hydrogen-bond acceptors (Lipinski definition) is 4. The molecule has 0 spiro atoms. The van der Waals surface area contributed by atoms with Crippen LogP contribution in [-0.4, -0.2) is 30.5 Å². The molecule has 3 nitrogen and oxygen atoms in total. The summed E-state index contributed by atoms with van der Waals surface area (Å²) in [6.45, 7) is 2.20. The number of anilines is 1. The first-order valence-corrected chi connectivity index (χ1v) is 10.2. The quantitative estimate of drug-likeness (QED) is 0.808. The molecule has 1 amide bonds. The minimum atomic E-state index is 0. The van der Waals surface area contributed by atoms with Gasteiger partial charge in [-0.05, 0) is 56.0 Å². The highest BCUT2D eigenvalue weighted by Gasteiger charge is 2.19. The summed E-state index contributed by atoms with van der Waals surface area (Å²) in [4.78, 5) is 12.2. The summed E-state index contributed by atoms with van der Waals surface area (Å²) >= 11 is 3.99. The average Bonchev–Trinajstić information content (AvgIpc) is 3.09. The fourth-order valence-electron chi connectivity index (χ4n) is 3.04. The lowest BCUT2D eigenvalue weighted by Gasteiger charge is -2.22. The van der Waals surface area contributed by atoms with E-state index in [1.165, 1.54) is 29.9 Å². The minimum Gasteiger partial charge on any atom is -0.326 e. The Morgan fingerprint density at radius 2 is 1.96 bits per heavy atom. The van der Waals surface area contributed by atoms with Gasteiger partial charge < -0.3 is 10.6 Å². The smallest absolute Gasteiger partial charge is 0.224 e. The monoisotopic (exact) mass is 372 g/mol. The maximum atomic E-state index is 12.2. The Morgan fingerprint density at radius 3 is 2.70 bits per heavy atom. The van der Waals surface area contributed by atoms with Gasteiger partial charge >= 0.3 is 0 Å². The van der Waals surface area contributed by atoms with Gasteiger partial charge in [-0.25, -0.2) is 0 Å². The molecule has 2 saturated heterocycles. The first kappa shape index (κ1) is 19.0. The second-order valence-electron chi connectivity index (χ2n) is 5.98. The molecule has 23 heavy (non-hydrogen) atoms. The molecule has 0 aromatic heterocycles. The Bertz CT molecular complexity index is 503. The molecule has 0 saturated carbocycles. The van der Waals surface area contributed by atoms with Crippen LogP contribution >= 0.6 is 35.9 Å². The molecule has 1 aromatic carbocycles. The number of halogens is 1. The highest BCUT2D eigenvalue weighted by Crippen LogP contribution is 2.45. The van der Waals surface area contributed by atoms with Gasteiger partial charge in [0.1, 0.15) is 0 Å². The van der Waals surface area contributed by atoms with E-state index < -0.39 is 0 Å². The topological polar surface area (TPSA) is 41.1 Å². The van der Waals surface area contributed by atoms with Crippen molar-refractivity contribution in [2.24, 2.45) is 5.92 Å². The third-order valence-corrected chi connectivity index (χ3v) is 7.41. The zero-order chi connectivity index (χ0) is 15.2. The van der Waals surface area contributed by atoms with Crippen molar-refractivity contribution in [3.8, 4) is 0 Å². The van der Waals surface area contributed by atoms with E-state index in [2.05, 4.69) is 28.8 Å². The van der Waals surface area contributed by atoms with E-state index >= 15 is 0 Å². The molecular formula is C17H25ClN2OS2. The fraction of sp³-hybridized carbons (Fsp3) is 0.588. The summed E-state index contributed by atoms with van der Waals surface area (Å²) in [7, 11) is 0. The van der Waals surface area contributed by atoms with Crippen molar-refractivity contribution in [3.05, 3.63) is 29.8 Å². The molecule has 0 unspecified atom stereocenters. The minimum absolute atomic E-state index is 0. The van der Waals surface area contributed by atoms with Gasteiger partial charge in [0, 0.05) is 23.6 Å². The summed E-state index contributed by atoms with van der Waals surface area (Å²) in [5.41, 5.74) is 2.27. The molecule has 0 aliphatic carbocycles. The van der Waals surface area contributed by atoms with Crippen LogP contribution in [0.25, 0.3) is 0 Å². The van der Waals surface area contributed by atoms with Gasteiger partial charge in [-0.15, -0.1) is 35.9 Å². The van der Waals surface area contributed by atoms with E-state index in [0.29, 0.717) is 16.9 Å². The Morgan fingerprint density at radius 1 is 1.22 bits per heavy atom. The lowest BCUT2D eigenvalue weighted by atomic mass is 9.93. The molecule has 2 heterocycles. The van der Waals surface area contributed by atoms with Gasteiger partial charge in [0.15, 0.2) is 0 Å². The lowest BCUT2D eigenvalue weighted by Crippen LogP contribution is -2.28. The van der Waals surface area contributed by atoms with Gasteiger partial charge in [0.2, 0.25) is 5.91 Å². The summed E-state index contributed by atoms with van der Waals surface area (Å²) < 4.78 is 0.534. The van der Waals surface area contributed by atoms with E-state index in [0.717, 1.165) is 25.2 Å². The standard InChI is InChI=1S/C17H24N2OS2.ClH/c20-16(5-4-13-6-8-18-9-7-13)19-15-3-1-2-14(12-15)17-21-10-11-22-17;/h1-3,12-13,17-18H,4-11H2,(H,19,20);1H. The largest absolute Gasteiger partial charge is 0.326 e. The Labute approximate surface area is 153 Å². The number of nitrogens with one attached hydrogen (secondary N) is 2. The Balaban J connectivity index is 0.00000192. The number of hydrogen-bond donors (Lipinski definition) is 2. The third-order valence-electron chi connectivity index (χ3n) is 4.30. The molecule has 2 fully saturated rings. The number of carbonyl (C=O) groups excluding carboxylic acids is 1. The van der Waals surface area contributed by atoms with Crippen molar-refractivity contribution < 1.29 is 4.79 Å². The van der Waals surface area contributed by atoms with Gasteiger partial charge in [0.25, 0.3) is 0 Å². The van der Waals surface area contributed by atoms with Crippen molar-refractivity contribution in [1.82, 2.24) is 5.32 Å².